The molecule has 2 rings (SSSR count). The minimum absolute atomic E-state index is 0.0429. The fraction of sp³-hybridized carbons (Fsp3) is 0.429. The number of rotatable bonds is 5. The molecule has 0 aromatic carbocycles. The molecule has 1 aromatic heterocycles. The second-order valence-electron chi connectivity index (χ2n) is 4.95. The maximum Gasteiger partial charge on any atom is 0.275 e. The lowest BCUT2D eigenvalue weighted by molar-refractivity contribution is -0.115. The van der Waals surface area contributed by atoms with Crippen LogP contribution in [0.2, 0.25) is 0 Å². The zero-order chi connectivity index (χ0) is 16.0. The van der Waals surface area contributed by atoms with Crippen molar-refractivity contribution in [3.63, 3.8) is 0 Å². The van der Waals surface area contributed by atoms with E-state index in [1.165, 1.54) is 12.3 Å². The van der Waals surface area contributed by atoms with Crippen molar-refractivity contribution in [2.24, 2.45) is 5.92 Å². The first-order valence-electron chi connectivity index (χ1n) is 6.78. The first-order valence-corrected chi connectivity index (χ1v) is 8.43. The van der Waals surface area contributed by atoms with Gasteiger partial charge in [-0.2, -0.15) is 5.26 Å². The molecule has 0 aliphatic carbocycles. The molecule has 0 spiro atoms. The van der Waals surface area contributed by atoms with E-state index in [2.05, 4.69) is 0 Å². The lowest BCUT2D eigenvalue weighted by atomic mass is 10.0. The minimum atomic E-state index is -3.79. The molecule has 1 amide bonds. The Bertz CT molecular complexity index is 679. The molecule has 2 heterocycles. The van der Waals surface area contributed by atoms with Crippen molar-refractivity contribution < 1.29 is 22.4 Å². The zero-order valence-electron chi connectivity index (χ0n) is 11.8. The molecule has 1 saturated heterocycles. The lowest BCUT2D eigenvalue weighted by Gasteiger charge is -2.21. The Balaban J connectivity index is 2.01. The molecule has 0 unspecified atom stereocenters. The van der Waals surface area contributed by atoms with Crippen LogP contribution in [0.25, 0.3) is 6.08 Å². The van der Waals surface area contributed by atoms with Gasteiger partial charge in [-0.1, -0.05) is 0 Å². The zero-order valence-corrected chi connectivity index (χ0v) is 12.6. The van der Waals surface area contributed by atoms with E-state index in [1.807, 2.05) is 4.72 Å². The molecule has 7 nitrogen and oxygen atoms in total. The third-order valence-electron chi connectivity index (χ3n) is 3.24. The summed E-state index contributed by atoms with van der Waals surface area (Å²) in [5.41, 5.74) is -0.328. The standard InChI is InChI=1S/C14H16N2O5S/c15-9-12(8-13-2-1-5-21-13)14(17)16-22(18,19)10-11-3-6-20-7-4-11/h1-2,5,8,11H,3-4,6-7,10H2,(H,16,17)/b12-8+. The molecule has 1 aliphatic rings. The number of amides is 1. The van der Waals surface area contributed by atoms with E-state index in [0.29, 0.717) is 31.8 Å². The van der Waals surface area contributed by atoms with Gasteiger partial charge in [0.05, 0.1) is 12.0 Å². The number of nitriles is 1. The smallest absolute Gasteiger partial charge is 0.275 e. The van der Waals surface area contributed by atoms with Crippen LogP contribution in [0.15, 0.2) is 28.4 Å². The second-order valence-corrected chi connectivity index (χ2v) is 6.72. The third-order valence-corrected chi connectivity index (χ3v) is 4.65. The number of carbonyl (C=O) groups excluding carboxylic acids is 1. The highest BCUT2D eigenvalue weighted by molar-refractivity contribution is 7.90. The van der Waals surface area contributed by atoms with Crippen LogP contribution in [0.5, 0.6) is 0 Å². The van der Waals surface area contributed by atoms with Crippen LogP contribution < -0.4 is 4.72 Å². The number of nitrogens with one attached hydrogen (secondary N) is 1. The summed E-state index contributed by atoms with van der Waals surface area (Å²) < 4.78 is 36.1. The van der Waals surface area contributed by atoms with E-state index in [4.69, 9.17) is 14.4 Å². The van der Waals surface area contributed by atoms with Gasteiger partial charge in [0.1, 0.15) is 17.4 Å². The highest BCUT2D eigenvalue weighted by Crippen LogP contribution is 2.16. The van der Waals surface area contributed by atoms with Gasteiger partial charge in [-0.25, -0.2) is 13.1 Å². The molecule has 1 fully saturated rings. The monoisotopic (exact) mass is 324 g/mol. The average molecular weight is 324 g/mol. The van der Waals surface area contributed by atoms with E-state index < -0.39 is 15.9 Å². The number of carbonyl (C=O) groups is 1. The number of hydrogen-bond acceptors (Lipinski definition) is 6. The van der Waals surface area contributed by atoms with Gasteiger partial charge in [-0.3, -0.25) is 4.79 Å². The van der Waals surface area contributed by atoms with Crippen LogP contribution >= 0.6 is 0 Å². The van der Waals surface area contributed by atoms with Gasteiger partial charge in [0.2, 0.25) is 10.0 Å². The first kappa shape index (κ1) is 16.3. The van der Waals surface area contributed by atoms with E-state index >= 15 is 0 Å². The summed E-state index contributed by atoms with van der Waals surface area (Å²) in [6.07, 6.45) is 3.87. The topological polar surface area (TPSA) is 109 Å². The maximum absolute atomic E-state index is 12.0. The third kappa shape index (κ3) is 4.72. The Hall–Kier alpha value is -2.11. The molecule has 1 N–H and O–H groups in total. The summed E-state index contributed by atoms with van der Waals surface area (Å²) in [7, 11) is -3.79. The summed E-state index contributed by atoms with van der Waals surface area (Å²) in [6.45, 7) is 1.05. The summed E-state index contributed by atoms with van der Waals surface area (Å²) in [6, 6.07) is 4.83. The van der Waals surface area contributed by atoms with Crippen LogP contribution in [0.3, 0.4) is 0 Å². The fourth-order valence-corrected chi connectivity index (χ4v) is 3.56. The van der Waals surface area contributed by atoms with Gasteiger partial charge in [0.25, 0.3) is 5.91 Å². The summed E-state index contributed by atoms with van der Waals surface area (Å²) >= 11 is 0. The van der Waals surface area contributed by atoms with Crippen LogP contribution in [0.1, 0.15) is 18.6 Å². The maximum atomic E-state index is 12.0. The highest BCUT2D eigenvalue weighted by Gasteiger charge is 2.24. The Kier molecular flexibility index (Phi) is 5.35. The highest BCUT2D eigenvalue weighted by atomic mass is 32.2. The number of hydrogen-bond donors (Lipinski definition) is 1. The van der Waals surface area contributed by atoms with Crippen molar-refractivity contribution in [2.75, 3.05) is 19.0 Å². The van der Waals surface area contributed by atoms with Crippen LogP contribution in [0.4, 0.5) is 0 Å². The van der Waals surface area contributed by atoms with Crippen molar-refractivity contribution >= 4 is 22.0 Å². The molecule has 22 heavy (non-hydrogen) atoms. The normalized spacial score (nSPS) is 17.0. The number of furan rings is 1. The van der Waals surface area contributed by atoms with Crippen LogP contribution in [-0.4, -0.2) is 33.3 Å². The van der Waals surface area contributed by atoms with Gasteiger partial charge in [-0.15, -0.1) is 0 Å². The van der Waals surface area contributed by atoms with Crippen molar-refractivity contribution in [1.29, 1.82) is 5.26 Å². The molecule has 8 heteroatoms. The average Bonchev–Trinajstić information content (AvgIpc) is 2.97. The summed E-state index contributed by atoms with van der Waals surface area (Å²) in [5, 5.41) is 8.98. The molecular weight excluding hydrogens is 308 g/mol. The lowest BCUT2D eigenvalue weighted by Crippen LogP contribution is -2.36. The molecule has 1 aromatic rings. The van der Waals surface area contributed by atoms with E-state index in [9.17, 15) is 13.2 Å². The van der Waals surface area contributed by atoms with Crippen LogP contribution in [-0.2, 0) is 19.6 Å². The largest absolute Gasteiger partial charge is 0.465 e. The van der Waals surface area contributed by atoms with Gasteiger partial charge < -0.3 is 9.15 Å². The van der Waals surface area contributed by atoms with E-state index in [-0.39, 0.29) is 17.2 Å². The van der Waals surface area contributed by atoms with Crippen molar-refractivity contribution in [3.05, 3.63) is 29.7 Å². The molecule has 1 aliphatic heterocycles. The van der Waals surface area contributed by atoms with E-state index in [0.717, 1.165) is 0 Å². The van der Waals surface area contributed by atoms with Gasteiger partial charge in [0.15, 0.2) is 0 Å². The van der Waals surface area contributed by atoms with Crippen molar-refractivity contribution in [3.8, 4) is 6.07 Å². The summed E-state index contributed by atoms with van der Waals surface area (Å²) in [4.78, 5) is 11.9. The molecule has 0 bridgehead atoms. The second kappa shape index (κ2) is 7.24. The van der Waals surface area contributed by atoms with Crippen molar-refractivity contribution in [1.82, 2.24) is 4.72 Å². The minimum Gasteiger partial charge on any atom is -0.465 e. The Labute approximate surface area is 128 Å². The number of sulfonamides is 1. The molecule has 0 saturated carbocycles. The Morgan fingerprint density at radius 2 is 2.18 bits per heavy atom. The molecular formula is C14H16N2O5S. The van der Waals surface area contributed by atoms with E-state index in [1.54, 1.807) is 18.2 Å². The Morgan fingerprint density at radius 1 is 1.45 bits per heavy atom. The molecule has 0 atom stereocenters. The fourth-order valence-electron chi connectivity index (χ4n) is 2.13. The molecule has 0 radical (unpaired) electrons. The SMILES string of the molecule is N#C/C(=C\c1ccco1)C(=O)NS(=O)(=O)CC1CCOCC1. The Morgan fingerprint density at radius 3 is 2.77 bits per heavy atom. The van der Waals surface area contributed by atoms with Gasteiger partial charge in [0, 0.05) is 19.3 Å². The molecule has 118 valence electrons. The van der Waals surface area contributed by atoms with Gasteiger partial charge >= 0.3 is 0 Å². The predicted octanol–water partition coefficient (Wildman–Crippen LogP) is 1.06. The summed E-state index contributed by atoms with van der Waals surface area (Å²) in [5.74, 6) is -0.847. The van der Waals surface area contributed by atoms with Crippen LogP contribution in [0, 0.1) is 17.2 Å². The first-order chi connectivity index (χ1) is 10.5. The number of nitrogens with zero attached hydrogens (tertiary/aromatic N) is 1. The predicted molar refractivity (Wildman–Crippen MR) is 77.8 cm³/mol. The van der Waals surface area contributed by atoms with Crippen molar-refractivity contribution in [2.45, 2.75) is 12.8 Å². The number of ether oxygens (including phenoxy) is 1. The van der Waals surface area contributed by atoms with Gasteiger partial charge in [-0.05, 0) is 30.9 Å². The quantitative estimate of drug-likeness (QED) is 0.640.